The van der Waals surface area contributed by atoms with Gasteiger partial charge in [0.05, 0.1) is 4.90 Å². The largest absolute Gasteiger partial charge is 0.478 e. The van der Waals surface area contributed by atoms with Crippen LogP contribution in [0.25, 0.3) is 6.08 Å². The van der Waals surface area contributed by atoms with Crippen LogP contribution < -0.4 is 4.72 Å². The molecule has 0 aliphatic carbocycles. The van der Waals surface area contributed by atoms with Crippen LogP contribution in [0.2, 0.25) is 0 Å². The number of anilines is 1. The first-order chi connectivity index (χ1) is 9.47. The summed E-state index contributed by atoms with van der Waals surface area (Å²) in [5.74, 6) is -1.11. The van der Waals surface area contributed by atoms with Crippen LogP contribution in [0.3, 0.4) is 0 Å². The molecule has 7 nitrogen and oxygen atoms in total. The first-order valence-corrected chi connectivity index (χ1v) is 7.64. The fraction of sp³-hybridized carbons (Fsp3) is 0. The average molecular weight is 311 g/mol. The number of nitrogens with zero attached hydrogens (tertiary/aromatic N) is 2. The fourth-order valence-corrected chi connectivity index (χ4v) is 3.09. The van der Waals surface area contributed by atoms with Crippen molar-refractivity contribution in [2.24, 2.45) is 0 Å². The van der Waals surface area contributed by atoms with Crippen LogP contribution in [0.1, 0.15) is 5.56 Å². The molecule has 2 aromatic rings. The Balaban J connectivity index is 2.28. The van der Waals surface area contributed by atoms with E-state index < -0.39 is 16.0 Å². The van der Waals surface area contributed by atoms with Gasteiger partial charge in [0.25, 0.3) is 10.0 Å². The van der Waals surface area contributed by atoms with E-state index in [1.165, 1.54) is 29.8 Å². The second-order valence-corrected chi connectivity index (χ2v) is 6.11. The molecule has 0 amide bonds. The second-order valence-electron chi connectivity index (χ2n) is 3.59. The number of rotatable bonds is 5. The van der Waals surface area contributed by atoms with Crippen LogP contribution in [0.4, 0.5) is 5.13 Å². The summed E-state index contributed by atoms with van der Waals surface area (Å²) in [5.41, 5.74) is 1.87. The Morgan fingerprint density at radius 1 is 1.40 bits per heavy atom. The Hall–Kier alpha value is -2.26. The molecular weight excluding hydrogens is 302 g/mol. The molecule has 9 heteroatoms. The Bertz CT molecular complexity index is 739. The number of aromatic nitrogens is 2. The highest BCUT2D eigenvalue weighted by molar-refractivity contribution is 7.93. The Morgan fingerprint density at radius 3 is 2.85 bits per heavy atom. The summed E-state index contributed by atoms with van der Waals surface area (Å²) in [5, 5.41) is 15.8. The molecule has 0 unspecified atom stereocenters. The minimum absolute atomic E-state index is 0.0141. The van der Waals surface area contributed by atoms with E-state index in [0.29, 0.717) is 5.56 Å². The van der Waals surface area contributed by atoms with E-state index in [2.05, 4.69) is 14.9 Å². The van der Waals surface area contributed by atoms with Crippen LogP contribution in [0, 0.1) is 0 Å². The SMILES string of the molecule is O=C(O)C=Cc1cccc(S(=O)(=O)Nc2nncs2)c1. The Labute approximate surface area is 118 Å². The first-order valence-electron chi connectivity index (χ1n) is 5.27. The predicted molar refractivity (Wildman–Crippen MR) is 73.8 cm³/mol. The summed E-state index contributed by atoms with van der Waals surface area (Å²) < 4.78 is 26.4. The van der Waals surface area contributed by atoms with Crippen LogP contribution in [0.15, 0.2) is 40.7 Å². The Morgan fingerprint density at radius 2 is 2.20 bits per heavy atom. The normalized spacial score (nSPS) is 11.6. The number of carboxylic acid groups (broad SMARTS) is 1. The lowest BCUT2D eigenvalue weighted by Gasteiger charge is -2.05. The molecule has 0 fully saturated rings. The van der Waals surface area contributed by atoms with E-state index >= 15 is 0 Å². The van der Waals surface area contributed by atoms with E-state index in [9.17, 15) is 13.2 Å². The van der Waals surface area contributed by atoms with Crippen molar-refractivity contribution < 1.29 is 18.3 Å². The van der Waals surface area contributed by atoms with Gasteiger partial charge in [-0.2, -0.15) is 0 Å². The van der Waals surface area contributed by atoms with Gasteiger partial charge in [-0.3, -0.25) is 4.72 Å². The van der Waals surface area contributed by atoms with Crippen molar-refractivity contribution in [2.75, 3.05) is 4.72 Å². The minimum atomic E-state index is -3.77. The van der Waals surface area contributed by atoms with Crippen molar-refractivity contribution in [1.29, 1.82) is 0 Å². The molecule has 2 N–H and O–H groups in total. The summed E-state index contributed by atoms with van der Waals surface area (Å²) >= 11 is 1.06. The van der Waals surface area contributed by atoms with E-state index in [1.807, 2.05) is 0 Å². The van der Waals surface area contributed by atoms with Crippen molar-refractivity contribution in [3.63, 3.8) is 0 Å². The van der Waals surface area contributed by atoms with Crippen molar-refractivity contribution >= 4 is 38.5 Å². The highest BCUT2D eigenvalue weighted by atomic mass is 32.2. The molecule has 0 spiro atoms. The summed E-state index contributed by atoms with van der Waals surface area (Å²) in [4.78, 5) is 10.4. The lowest BCUT2D eigenvalue weighted by molar-refractivity contribution is -0.131. The third-order valence-electron chi connectivity index (χ3n) is 2.17. The zero-order valence-corrected chi connectivity index (χ0v) is 11.6. The van der Waals surface area contributed by atoms with E-state index in [0.717, 1.165) is 17.4 Å². The van der Waals surface area contributed by atoms with Gasteiger partial charge in [-0.05, 0) is 23.8 Å². The van der Waals surface area contributed by atoms with Gasteiger partial charge in [0.1, 0.15) is 5.51 Å². The van der Waals surface area contributed by atoms with E-state index in [1.54, 1.807) is 6.07 Å². The van der Waals surface area contributed by atoms with Gasteiger partial charge in [0, 0.05) is 6.08 Å². The van der Waals surface area contributed by atoms with Gasteiger partial charge in [0.2, 0.25) is 5.13 Å². The molecule has 0 aliphatic heterocycles. The summed E-state index contributed by atoms with van der Waals surface area (Å²) in [6.45, 7) is 0. The number of nitrogens with one attached hydrogen (secondary N) is 1. The zero-order chi connectivity index (χ0) is 14.6. The van der Waals surface area contributed by atoms with Crippen molar-refractivity contribution in [3.05, 3.63) is 41.4 Å². The molecule has 0 aliphatic rings. The molecule has 1 aromatic carbocycles. The van der Waals surface area contributed by atoms with Crippen LogP contribution in [-0.4, -0.2) is 29.7 Å². The maximum atomic E-state index is 12.1. The number of carboxylic acids is 1. The third-order valence-corrected chi connectivity index (χ3v) is 4.24. The quantitative estimate of drug-likeness (QED) is 0.809. The molecule has 0 saturated heterocycles. The molecule has 0 saturated carbocycles. The summed E-state index contributed by atoms with van der Waals surface area (Å²) in [6.07, 6.45) is 2.25. The first kappa shape index (κ1) is 14.2. The summed E-state index contributed by atoms with van der Waals surface area (Å²) in [7, 11) is -3.77. The molecule has 0 bridgehead atoms. The molecular formula is C11H9N3O4S2. The number of hydrogen-bond acceptors (Lipinski definition) is 6. The Kier molecular flexibility index (Phi) is 4.11. The molecule has 1 heterocycles. The molecule has 0 atom stereocenters. The van der Waals surface area contributed by atoms with Crippen LogP contribution in [0.5, 0.6) is 0 Å². The third kappa shape index (κ3) is 3.62. The minimum Gasteiger partial charge on any atom is -0.478 e. The monoisotopic (exact) mass is 311 g/mol. The van der Waals surface area contributed by atoms with E-state index in [-0.39, 0.29) is 10.0 Å². The summed E-state index contributed by atoms with van der Waals surface area (Å²) in [6, 6.07) is 5.89. The average Bonchev–Trinajstić information content (AvgIpc) is 2.89. The van der Waals surface area contributed by atoms with Crippen molar-refractivity contribution in [2.45, 2.75) is 4.90 Å². The molecule has 0 radical (unpaired) electrons. The smallest absolute Gasteiger partial charge is 0.328 e. The molecule has 104 valence electrons. The zero-order valence-electron chi connectivity index (χ0n) is 9.92. The van der Waals surface area contributed by atoms with Gasteiger partial charge in [-0.15, -0.1) is 10.2 Å². The lowest BCUT2D eigenvalue weighted by atomic mass is 10.2. The van der Waals surface area contributed by atoms with E-state index in [4.69, 9.17) is 5.11 Å². The number of benzene rings is 1. The standard InChI is InChI=1S/C11H9N3O4S2/c15-10(16)5-4-8-2-1-3-9(6-8)20(17,18)14-11-13-12-7-19-11/h1-7H,(H,13,14)(H,15,16). The molecule has 20 heavy (non-hydrogen) atoms. The number of sulfonamides is 1. The molecule has 1 aromatic heterocycles. The highest BCUT2D eigenvalue weighted by Crippen LogP contribution is 2.18. The number of hydrogen-bond donors (Lipinski definition) is 2. The predicted octanol–water partition coefficient (Wildman–Crippen LogP) is 1.44. The highest BCUT2D eigenvalue weighted by Gasteiger charge is 2.15. The van der Waals surface area contributed by atoms with Gasteiger partial charge in [-0.25, -0.2) is 13.2 Å². The van der Waals surface area contributed by atoms with Gasteiger partial charge < -0.3 is 5.11 Å². The van der Waals surface area contributed by atoms with Crippen molar-refractivity contribution in [3.8, 4) is 0 Å². The number of aliphatic carboxylic acids is 1. The molecule has 2 rings (SSSR count). The second kappa shape index (κ2) is 5.80. The van der Waals surface area contributed by atoms with Gasteiger partial charge in [-0.1, -0.05) is 23.5 Å². The van der Waals surface area contributed by atoms with Crippen molar-refractivity contribution in [1.82, 2.24) is 10.2 Å². The van der Waals surface area contributed by atoms with Gasteiger partial charge >= 0.3 is 5.97 Å². The lowest BCUT2D eigenvalue weighted by Crippen LogP contribution is -2.12. The van der Waals surface area contributed by atoms with Crippen LogP contribution >= 0.6 is 11.3 Å². The maximum Gasteiger partial charge on any atom is 0.328 e. The maximum absolute atomic E-state index is 12.1. The van der Waals surface area contributed by atoms with Crippen LogP contribution in [-0.2, 0) is 14.8 Å². The number of carbonyl (C=O) groups is 1. The fourth-order valence-electron chi connectivity index (χ4n) is 1.34. The topological polar surface area (TPSA) is 109 Å². The van der Waals surface area contributed by atoms with Gasteiger partial charge in [0.15, 0.2) is 0 Å².